The fourth-order valence-corrected chi connectivity index (χ4v) is 2.82. The molecule has 0 aliphatic rings. The fourth-order valence-electron chi connectivity index (χ4n) is 1.01. The molecule has 1 unspecified atom stereocenters. The van der Waals surface area contributed by atoms with Crippen molar-refractivity contribution in [1.82, 2.24) is 0 Å². The van der Waals surface area contributed by atoms with Gasteiger partial charge >= 0.3 is 5.97 Å². The number of rotatable bonds is 7. The Balaban J connectivity index is 4.25. The summed E-state index contributed by atoms with van der Waals surface area (Å²) in [5, 5.41) is 8.78. The number of hydrogen-bond donors (Lipinski definition) is 3. The Bertz CT molecular complexity index is 334. The molecule has 6 heteroatoms. The maximum atomic E-state index is 11.8. The number of aliphatic carboxylic acids is 1. The molecule has 0 fully saturated rings. The Morgan fingerprint density at radius 3 is 2.38 bits per heavy atom. The normalized spacial score (nSPS) is 19.1. The van der Waals surface area contributed by atoms with E-state index >= 15 is 0 Å². The summed E-state index contributed by atoms with van der Waals surface area (Å²) in [5.74, 6) is -0.346. The van der Waals surface area contributed by atoms with E-state index in [1.54, 1.807) is 0 Å². The predicted molar refractivity (Wildman–Crippen MR) is 64.9 cm³/mol. The molecule has 0 aliphatic heterocycles. The van der Waals surface area contributed by atoms with E-state index in [2.05, 4.69) is 0 Å². The molecule has 0 rings (SSSR count). The van der Waals surface area contributed by atoms with E-state index in [0.717, 1.165) is 6.42 Å². The molecule has 0 spiro atoms. The molecule has 0 saturated carbocycles. The summed E-state index contributed by atoms with van der Waals surface area (Å²) in [7, 11) is -2.69. The van der Waals surface area contributed by atoms with Crippen LogP contribution in [0.3, 0.4) is 0 Å². The molecule has 0 aliphatic carbocycles. The Morgan fingerprint density at radius 1 is 1.50 bits per heavy atom. The molecular weight excluding hydrogens is 228 g/mol. The average Bonchev–Trinajstić information content (AvgIpc) is 2.12. The highest BCUT2D eigenvalue weighted by molar-refractivity contribution is 7.92. The van der Waals surface area contributed by atoms with Crippen LogP contribution in [-0.2, 0) is 14.5 Å². The highest BCUT2D eigenvalue weighted by Gasteiger charge is 2.28. The molecule has 0 amide bonds. The van der Waals surface area contributed by atoms with Gasteiger partial charge in [-0.15, -0.1) is 0 Å². The van der Waals surface area contributed by atoms with E-state index in [1.165, 1.54) is 6.92 Å². The summed E-state index contributed by atoms with van der Waals surface area (Å²) in [5.41, 5.74) is 4.13. The standard InChI is InChI=1S/C10H22N2O3S/c1-8(2)4-6-16(12,15)7-5-10(3,11)9(13)14/h8,12H,4-7,11H2,1-3H3,(H,13,14)/t10-,16?/m0/s1. The van der Waals surface area contributed by atoms with Crippen LogP contribution < -0.4 is 5.73 Å². The van der Waals surface area contributed by atoms with Gasteiger partial charge in [0.15, 0.2) is 0 Å². The number of carboxylic acid groups (broad SMARTS) is 1. The zero-order valence-electron chi connectivity index (χ0n) is 10.2. The highest BCUT2D eigenvalue weighted by Crippen LogP contribution is 2.11. The Hall–Kier alpha value is -0.620. The van der Waals surface area contributed by atoms with Gasteiger partial charge in [0.25, 0.3) is 0 Å². The van der Waals surface area contributed by atoms with E-state index in [9.17, 15) is 9.00 Å². The van der Waals surface area contributed by atoms with Gasteiger partial charge in [0.05, 0.1) is 0 Å². The van der Waals surface area contributed by atoms with Crippen LogP contribution in [-0.4, -0.2) is 32.3 Å². The number of nitrogens with one attached hydrogen (secondary N) is 1. The molecule has 0 saturated heterocycles. The van der Waals surface area contributed by atoms with Gasteiger partial charge in [0.1, 0.15) is 5.54 Å². The molecule has 0 aromatic carbocycles. The van der Waals surface area contributed by atoms with Crippen LogP contribution in [0.25, 0.3) is 0 Å². The number of hydrogen-bond acceptors (Lipinski definition) is 4. The Kier molecular flexibility index (Phi) is 5.41. The Morgan fingerprint density at radius 2 is 2.00 bits per heavy atom. The van der Waals surface area contributed by atoms with Crippen molar-refractivity contribution >= 4 is 15.7 Å². The lowest BCUT2D eigenvalue weighted by Crippen LogP contribution is -2.46. The maximum absolute atomic E-state index is 11.8. The van der Waals surface area contributed by atoms with Crippen LogP contribution >= 0.6 is 0 Å². The minimum Gasteiger partial charge on any atom is -0.480 e. The molecule has 96 valence electrons. The van der Waals surface area contributed by atoms with Crippen molar-refractivity contribution in [1.29, 1.82) is 4.78 Å². The van der Waals surface area contributed by atoms with Crippen molar-refractivity contribution in [2.75, 3.05) is 11.5 Å². The smallest absolute Gasteiger partial charge is 0.323 e. The van der Waals surface area contributed by atoms with Crippen molar-refractivity contribution in [3.63, 3.8) is 0 Å². The van der Waals surface area contributed by atoms with E-state index in [-0.39, 0.29) is 12.2 Å². The maximum Gasteiger partial charge on any atom is 0.323 e. The van der Waals surface area contributed by atoms with Crippen molar-refractivity contribution in [3.8, 4) is 0 Å². The molecule has 0 aromatic heterocycles. The van der Waals surface area contributed by atoms with Gasteiger partial charge in [-0.3, -0.25) is 9.57 Å². The molecule has 16 heavy (non-hydrogen) atoms. The van der Waals surface area contributed by atoms with E-state index in [4.69, 9.17) is 15.6 Å². The first-order valence-corrected chi connectivity index (χ1v) is 7.23. The summed E-state index contributed by atoms with van der Waals surface area (Å²) >= 11 is 0. The first-order valence-electron chi connectivity index (χ1n) is 5.33. The summed E-state index contributed by atoms with van der Waals surface area (Å²) in [6.45, 7) is 5.38. The second-order valence-electron chi connectivity index (χ2n) is 4.88. The van der Waals surface area contributed by atoms with Crippen molar-refractivity contribution in [2.45, 2.75) is 39.2 Å². The third-order valence-corrected chi connectivity index (χ3v) is 4.22. The average molecular weight is 250 g/mol. The molecule has 2 atom stereocenters. The number of nitrogens with two attached hydrogens (primary N) is 1. The quantitative estimate of drug-likeness (QED) is 0.633. The van der Waals surface area contributed by atoms with Crippen LogP contribution in [0.1, 0.15) is 33.6 Å². The lowest BCUT2D eigenvalue weighted by molar-refractivity contribution is -0.142. The molecule has 0 aromatic rings. The van der Waals surface area contributed by atoms with Gasteiger partial charge in [-0.2, -0.15) is 0 Å². The second kappa shape index (κ2) is 5.63. The van der Waals surface area contributed by atoms with Gasteiger partial charge in [0, 0.05) is 21.2 Å². The van der Waals surface area contributed by atoms with Gasteiger partial charge < -0.3 is 10.8 Å². The highest BCUT2D eigenvalue weighted by atomic mass is 32.2. The molecule has 0 heterocycles. The zero-order valence-corrected chi connectivity index (χ0v) is 11.0. The van der Waals surface area contributed by atoms with E-state index in [0.29, 0.717) is 11.7 Å². The van der Waals surface area contributed by atoms with Crippen molar-refractivity contribution in [2.24, 2.45) is 11.7 Å². The van der Waals surface area contributed by atoms with Crippen LogP contribution in [0.15, 0.2) is 0 Å². The van der Waals surface area contributed by atoms with Gasteiger partial charge in [0.2, 0.25) is 0 Å². The van der Waals surface area contributed by atoms with Gasteiger partial charge in [-0.05, 0) is 25.7 Å². The summed E-state index contributed by atoms with van der Waals surface area (Å²) in [4.78, 5) is 10.7. The van der Waals surface area contributed by atoms with Crippen LogP contribution in [0.4, 0.5) is 0 Å². The van der Waals surface area contributed by atoms with Crippen molar-refractivity contribution in [3.05, 3.63) is 0 Å². The molecule has 0 bridgehead atoms. The van der Waals surface area contributed by atoms with Crippen LogP contribution in [0, 0.1) is 10.7 Å². The third-order valence-electron chi connectivity index (χ3n) is 2.46. The van der Waals surface area contributed by atoms with Crippen molar-refractivity contribution < 1.29 is 14.1 Å². The molecule has 5 nitrogen and oxygen atoms in total. The SMILES string of the molecule is CC(C)CCS(=N)(=O)CC[C@](C)(N)C(=O)O. The minimum atomic E-state index is -2.69. The first kappa shape index (κ1) is 15.4. The molecular formula is C10H22N2O3S. The monoisotopic (exact) mass is 250 g/mol. The second-order valence-corrected chi connectivity index (χ2v) is 7.32. The van der Waals surface area contributed by atoms with Crippen LogP contribution in [0.5, 0.6) is 0 Å². The summed E-state index contributed by atoms with van der Waals surface area (Å²) in [6.07, 6.45) is 0.791. The van der Waals surface area contributed by atoms with E-state index in [1.807, 2.05) is 13.8 Å². The lowest BCUT2D eigenvalue weighted by Gasteiger charge is -2.19. The third kappa shape index (κ3) is 6.07. The minimum absolute atomic E-state index is 0.0546. The molecule has 4 N–H and O–H groups in total. The Labute approximate surface area is 97.4 Å². The summed E-state index contributed by atoms with van der Waals surface area (Å²) < 4.78 is 19.4. The lowest BCUT2D eigenvalue weighted by atomic mass is 10.0. The first-order chi connectivity index (χ1) is 7.07. The number of carboxylic acids is 1. The predicted octanol–water partition coefficient (Wildman–Crippen LogP) is 1.27. The molecule has 0 radical (unpaired) electrons. The van der Waals surface area contributed by atoms with E-state index < -0.39 is 21.2 Å². The topological polar surface area (TPSA) is 104 Å². The van der Waals surface area contributed by atoms with Gasteiger partial charge in [-0.1, -0.05) is 13.8 Å². The number of carbonyl (C=O) groups is 1. The summed E-state index contributed by atoms with van der Waals surface area (Å²) in [6, 6.07) is 0. The largest absolute Gasteiger partial charge is 0.480 e. The van der Waals surface area contributed by atoms with Crippen LogP contribution in [0.2, 0.25) is 0 Å². The zero-order chi connectivity index (χ0) is 13.0. The van der Waals surface area contributed by atoms with Gasteiger partial charge in [-0.25, -0.2) is 4.21 Å². The fraction of sp³-hybridized carbons (Fsp3) is 0.900.